The van der Waals surface area contributed by atoms with Crippen LogP contribution in [0.2, 0.25) is 0 Å². The van der Waals surface area contributed by atoms with Crippen molar-refractivity contribution in [3.05, 3.63) is 48.3 Å². The standard InChI is InChI=1S/C16H20N4O3S/c21-16(17-9-13-24(22,23)19-10-3-4-11-19)14-6-1-2-7-15(14)20-12-5-8-18-20/h1-2,5-8,12H,3-4,9-11,13H2,(H,17,21). The predicted molar refractivity (Wildman–Crippen MR) is 90.5 cm³/mol. The average molecular weight is 348 g/mol. The lowest BCUT2D eigenvalue weighted by atomic mass is 10.1. The highest BCUT2D eigenvalue weighted by atomic mass is 32.2. The molecule has 1 aliphatic rings. The molecule has 1 aromatic carbocycles. The van der Waals surface area contributed by atoms with Crippen LogP contribution >= 0.6 is 0 Å². The summed E-state index contributed by atoms with van der Waals surface area (Å²) in [5.74, 6) is -0.388. The molecule has 2 aromatic rings. The van der Waals surface area contributed by atoms with Crippen LogP contribution in [-0.2, 0) is 10.0 Å². The number of para-hydroxylation sites is 1. The Bertz CT molecular complexity index is 796. The summed E-state index contributed by atoms with van der Waals surface area (Å²) in [6.45, 7) is 1.25. The van der Waals surface area contributed by atoms with E-state index in [9.17, 15) is 13.2 Å². The van der Waals surface area contributed by atoms with Crippen LogP contribution in [0.3, 0.4) is 0 Å². The quantitative estimate of drug-likeness (QED) is 0.845. The van der Waals surface area contributed by atoms with Crippen molar-refractivity contribution in [3.8, 4) is 5.69 Å². The van der Waals surface area contributed by atoms with E-state index in [1.54, 1.807) is 41.3 Å². The summed E-state index contributed by atoms with van der Waals surface area (Å²) in [4.78, 5) is 12.4. The molecule has 3 rings (SSSR count). The summed E-state index contributed by atoms with van der Waals surface area (Å²) in [5.41, 5.74) is 1.11. The third kappa shape index (κ3) is 3.65. The fourth-order valence-electron chi connectivity index (χ4n) is 2.76. The van der Waals surface area contributed by atoms with Gasteiger partial charge in [-0.2, -0.15) is 5.10 Å². The second-order valence-electron chi connectivity index (χ2n) is 5.65. The van der Waals surface area contributed by atoms with Crippen molar-refractivity contribution in [2.24, 2.45) is 0 Å². The molecule has 2 heterocycles. The molecule has 1 saturated heterocycles. The van der Waals surface area contributed by atoms with Gasteiger partial charge in [-0.3, -0.25) is 4.79 Å². The zero-order chi connectivity index (χ0) is 17.0. The monoisotopic (exact) mass is 348 g/mol. The SMILES string of the molecule is O=C(NCCS(=O)(=O)N1CCCC1)c1ccccc1-n1cccn1. The van der Waals surface area contributed by atoms with Gasteiger partial charge in [0.1, 0.15) is 0 Å². The molecule has 8 heteroatoms. The van der Waals surface area contributed by atoms with Crippen LogP contribution in [0.25, 0.3) is 5.69 Å². The van der Waals surface area contributed by atoms with E-state index in [-0.39, 0.29) is 18.2 Å². The molecule has 0 spiro atoms. The van der Waals surface area contributed by atoms with E-state index in [0.717, 1.165) is 12.8 Å². The van der Waals surface area contributed by atoms with Crippen molar-refractivity contribution in [3.63, 3.8) is 0 Å². The van der Waals surface area contributed by atoms with E-state index >= 15 is 0 Å². The van der Waals surface area contributed by atoms with Gasteiger partial charge in [-0.1, -0.05) is 12.1 Å². The van der Waals surface area contributed by atoms with Crippen LogP contribution in [0.15, 0.2) is 42.7 Å². The Morgan fingerprint density at radius 3 is 2.62 bits per heavy atom. The average Bonchev–Trinajstić information content (AvgIpc) is 3.28. The van der Waals surface area contributed by atoms with Gasteiger partial charge in [0.2, 0.25) is 10.0 Å². The number of aromatic nitrogens is 2. The summed E-state index contributed by atoms with van der Waals surface area (Å²) < 4.78 is 27.4. The first-order valence-electron chi connectivity index (χ1n) is 7.93. The molecule has 24 heavy (non-hydrogen) atoms. The molecule has 1 aromatic heterocycles. The van der Waals surface area contributed by atoms with Gasteiger partial charge in [0, 0.05) is 32.0 Å². The molecule has 0 bridgehead atoms. The van der Waals surface area contributed by atoms with Crippen LogP contribution in [-0.4, -0.2) is 53.8 Å². The van der Waals surface area contributed by atoms with Gasteiger partial charge in [0.25, 0.3) is 5.91 Å². The number of nitrogens with zero attached hydrogens (tertiary/aromatic N) is 3. The molecule has 0 aliphatic carbocycles. The molecule has 1 aliphatic heterocycles. The lowest BCUT2D eigenvalue weighted by Crippen LogP contribution is -2.36. The molecule has 0 radical (unpaired) electrons. The van der Waals surface area contributed by atoms with Crippen LogP contribution in [0.4, 0.5) is 0 Å². The number of sulfonamides is 1. The Balaban J connectivity index is 1.64. The summed E-state index contributed by atoms with van der Waals surface area (Å²) in [6.07, 6.45) is 5.20. The molecular formula is C16H20N4O3S. The Labute approximate surface area is 141 Å². The van der Waals surface area contributed by atoms with Gasteiger partial charge in [-0.15, -0.1) is 0 Å². The third-order valence-corrected chi connectivity index (χ3v) is 5.88. The van der Waals surface area contributed by atoms with Gasteiger partial charge in [0.15, 0.2) is 0 Å². The highest BCUT2D eigenvalue weighted by Crippen LogP contribution is 2.14. The molecule has 0 saturated carbocycles. The van der Waals surface area contributed by atoms with E-state index in [1.165, 1.54) is 4.31 Å². The van der Waals surface area contributed by atoms with Gasteiger partial charge in [-0.25, -0.2) is 17.4 Å². The first-order valence-corrected chi connectivity index (χ1v) is 9.54. The summed E-state index contributed by atoms with van der Waals surface area (Å²) in [5, 5.41) is 6.83. The Hall–Kier alpha value is -2.19. The molecule has 0 atom stereocenters. The van der Waals surface area contributed by atoms with E-state index in [1.807, 2.05) is 6.07 Å². The highest BCUT2D eigenvalue weighted by Gasteiger charge is 2.25. The van der Waals surface area contributed by atoms with Crippen LogP contribution < -0.4 is 5.32 Å². The topological polar surface area (TPSA) is 84.3 Å². The Kier molecular flexibility index (Phi) is 4.96. The smallest absolute Gasteiger partial charge is 0.253 e. The number of nitrogens with one attached hydrogen (secondary N) is 1. The summed E-state index contributed by atoms with van der Waals surface area (Å²) >= 11 is 0. The Morgan fingerprint density at radius 2 is 1.92 bits per heavy atom. The van der Waals surface area contributed by atoms with Crippen LogP contribution in [0.5, 0.6) is 0 Å². The van der Waals surface area contributed by atoms with Crippen molar-refractivity contribution in [2.45, 2.75) is 12.8 Å². The molecule has 1 N–H and O–H groups in total. The number of hydrogen-bond donors (Lipinski definition) is 1. The number of rotatable bonds is 6. The summed E-state index contributed by atoms with van der Waals surface area (Å²) in [7, 11) is -3.29. The van der Waals surface area contributed by atoms with Gasteiger partial charge >= 0.3 is 0 Å². The van der Waals surface area contributed by atoms with E-state index in [4.69, 9.17) is 0 Å². The maximum atomic E-state index is 12.4. The number of carbonyl (C=O) groups is 1. The largest absolute Gasteiger partial charge is 0.351 e. The number of hydrogen-bond acceptors (Lipinski definition) is 4. The zero-order valence-electron chi connectivity index (χ0n) is 13.3. The maximum Gasteiger partial charge on any atom is 0.253 e. The van der Waals surface area contributed by atoms with Gasteiger partial charge < -0.3 is 5.32 Å². The van der Waals surface area contributed by atoms with Crippen molar-refractivity contribution in [1.29, 1.82) is 0 Å². The predicted octanol–water partition coefficient (Wildman–Crippen LogP) is 1.03. The fraction of sp³-hybridized carbons (Fsp3) is 0.375. The molecular weight excluding hydrogens is 328 g/mol. The van der Waals surface area contributed by atoms with E-state index < -0.39 is 10.0 Å². The van der Waals surface area contributed by atoms with E-state index in [0.29, 0.717) is 24.3 Å². The van der Waals surface area contributed by atoms with Crippen molar-refractivity contribution < 1.29 is 13.2 Å². The molecule has 128 valence electrons. The Morgan fingerprint density at radius 1 is 1.17 bits per heavy atom. The van der Waals surface area contributed by atoms with Gasteiger partial charge in [-0.05, 0) is 31.0 Å². The minimum Gasteiger partial charge on any atom is -0.351 e. The number of carbonyl (C=O) groups excluding carboxylic acids is 1. The normalized spacial score (nSPS) is 15.5. The first-order chi connectivity index (χ1) is 11.6. The fourth-order valence-corrected chi connectivity index (χ4v) is 4.19. The van der Waals surface area contributed by atoms with Crippen LogP contribution in [0.1, 0.15) is 23.2 Å². The number of benzene rings is 1. The lowest BCUT2D eigenvalue weighted by molar-refractivity contribution is 0.0956. The molecule has 1 fully saturated rings. The number of amides is 1. The second kappa shape index (κ2) is 7.14. The lowest BCUT2D eigenvalue weighted by Gasteiger charge is -2.16. The summed E-state index contributed by atoms with van der Waals surface area (Å²) in [6, 6.07) is 8.86. The minimum absolute atomic E-state index is 0.0807. The zero-order valence-corrected chi connectivity index (χ0v) is 14.1. The van der Waals surface area contributed by atoms with Crippen molar-refractivity contribution in [2.75, 3.05) is 25.4 Å². The van der Waals surface area contributed by atoms with Gasteiger partial charge in [0.05, 0.1) is 17.0 Å². The molecule has 0 unspecified atom stereocenters. The highest BCUT2D eigenvalue weighted by molar-refractivity contribution is 7.89. The maximum absolute atomic E-state index is 12.4. The minimum atomic E-state index is -3.29. The molecule has 7 nitrogen and oxygen atoms in total. The first kappa shape index (κ1) is 16.7. The second-order valence-corrected chi connectivity index (χ2v) is 7.73. The van der Waals surface area contributed by atoms with Crippen LogP contribution in [0, 0.1) is 0 Å². The van der Waals surface area contributed by atoms with Crippen molar-refractivity contribution >= 4 is 15.9 Å². The molecule has 1 amide bonds. The third-order valence-electron chi connectivity index (χ3n) is 4.00. The van der Waals surface area contributed by atoms with E-state index in [2.05, 4.69) is 10.4 Å². The van der Waals surface area contributed by atoms with Crippen molar-refractivity contribution in [1.82, 2.24) is 19.4 Å².